The first-order valence-corrected chi connectivity index (χ1v) is 29.5. The van der Waals surface area contributed by atoms with Gasteiger partial charge in [0.15, 0.2) is 0 Å². The van der Waals surface area contributed by atoms with E-state index < -0.39 is 36.8 Å². The van der Waals surface area contributed by atoms with E-state index in [4.69, 9.17) is 4.98 Å². The molecule has 0 saturated heterocycles. The van der Waals surface area contributed by atoms with Crippen molar-refractivity contribution in [3.63, 3.8) is 0 Å². The molecule has 0 fully saturated rings. The van der Waals surface area contributed by atoms with Gasteiger partial charge < -0.3 is 0 Å². The first-order valence-electron chi connectivity index (χ1n) is 14.6. The molecule has 0 spiro atoms. The number of pyridine rings is 1. The molecular weight excluding hydrogens is 600 g/mol. The Labute approximate surface area is 211 Å². The Morgan fingerprint density at radius 1 is 0.469 bits per heavy atom. The topological polar surface area (TPSA) is 12.9 Å². The van der Waals surface area contributed by atoms with Crippen molar-refractivity contribution in [1.29, 1.82) is 0 Å². The fourth-order valence-corrected chi connectivity index (χ4v) is 37.5. The fraction of sp³-hybridized carbons (Fsp3) is 0.828. The molecule has 32 heavy (non-hydrogen) atoms. The van der Waals surface area contributed by atoms with Crippen LogP contribution < -0.4 is 7.42 Å². The first kappa shape index (κ1) is 30.8. The SMILES string of the molecule is CCC[CH2][Sn]([CH2]CCC)([CH2]CCC)[c]1ccc[c]([Sn]([CH2]CCC)([CH2]CCC)[CH2]CCC)n1. The number of unbranched alkanes of at least 4 members (excludes halogenated alkanes) is 6. The van der Waals surface area contributed by atoms with Crippen molar-refractivity contribution in [3.8, 4) is 0 Å². The van der Waals surface area contributed by atoms with Crippen LogP contribution in [0.5, 0.6) is 0 Å². The van der Waals surface area contributed by atoms with Crippen molar-refractivity contribution in [2.75, 3.05) is 0 Å². The molecule has 0 amide bonds. The monoisotopic (exact) mass is 659 g/mol. The second-order valence-corrected chi connectivity index (χ2v) is 36.7. The first-order chi connectivity index (χ1) is 15.6. The Kier molecular flexibility index (Phi) is 17.4. The molecule has 0 N–H and O–H groups in total. The summed E-state index contributed by atoms with van der Waals surface area (Å²) in [6.07, 6.45) is 16.7. The van der Waals surface area contributed by atoms with E-state index in [9.17, 15) is 0 Å². The summed E-state index contributed by atoms with van der Waals surface area (Å²) in [7, 11) is 0. The molecule has 0 aliphatic carbocycles. The molecule has 3 heteroatoms. The summed E-state index contributed by atoms with van der Waals surface area (Å²) in [5, 5.41) is 0. The van der Waals surface area contributed by atoms with Crippen LogP contribution in [0.15, 0.2) is 18.2 Å². The van der Waals surface area contributed by atoms with Gasteiger partial charge in [0.2, 0.25) is 0 Å². The van der Waals surface area contributed by atoms with Gasteiger partial charge in [0.1, 0.15) is 0 Å². The predicted octanol–water partition coefficient (Wildman–Crippen LogP) is 9.19. The summed E-state index contributed by atoms with van der Waals surface area (Å²) in [6, 6.07) is 7.52. The van der Waals surface area contributed by atoms with Crippen LogP contribution in [-0.2, 0) is 0 Å². The molecule has 0 radical (unpaired) electrons. The van der Waals surface area contributed by atoms with Crippen molar-refractivity contribution < 1.29 is 0 Å². The molecule has 1 aromatic rings. The zero-order valence-electron chi connectivity index (χ0n) is 22.9. The van der Waals surface area contributed by atoms with Gasteiger partial charge in [-0.2, -0.15) is 0 Å². The van der Waals surface area contributed by atoms with Crippen LogP contribution >= 0.6 is 0 Å². The third kappa shape index (κ3) is 9.78. The summed E-state index contributed by atoms with van der Waals surface area (Å²) in [5.41, 5.74) is 0. The normalized spacial score (nSPS) is 12.4. The second kappa shape index (κ2) is 18.1. The van der Waals surface area contributed by atoms with E-state index in [0.717, 1.165) is 0 Å². The average Bonchev–Trinajstić information content (AvgIpc) is 2.83. The van der Waals surface area contributed by atoms with E-state index in [2.05, 4.69) is 59.7 Å². The molecule has 0 atom stereocenters. The number of hydrogen-bond donors (Lipinski definition) is 0. The molecular formula is C29H57NSn2. The van der Waals surface area contributed by atoms with Crippen molar-refractivity contribution in [3.05, 3.63) is 18.2 Å². The summed E-state index contributed by atoms with van der Waals surface area (Å²) in [4.78, 5) is 5.82. The summed E-state index contributed by atoms with van der Waals surface area (Å²) in [5.74, 6) is 0. The Balaban J connectivity index is 3.49. The van der Waals surface area contributed by atoms with E-state index in [1.165, 1.54) is 77.0 Å². The standard InChI is InChI=1S/C5H3N.6C4H9.2Sn/c1-2-4-6-5-3-1;6*1-3-4-2;;/h1-3H;6*1,3-4H2,2H3;;. The van der Waals surface area contributed by atoms with E-state index in [1.807, 2.05) is 0 Å². The third-order valence-corrected chi connectivity index (χ3v) is 38.1. The zero-order chi connectivity index (χ0) is 23.7. The summed E-state index contributed by atoms with van der Waals surface area (Å²) < 4.78 is 12.7. The predicted molar refractivity (Wildman–Crippen MR) is 153 cm³/mol. The van der Waals surface area contributed by atoms with Crippen LogP contribution in [0.2, 0.25) is 26.6 Å². The fourth-order valence-electron chi connectivity index (χ4n) is 5.63. The van der Waals surface area contributed by atoms with Gasteiger partial charge in [0.05, 0.1) is 0 Å². The van der Waals surface area contributed by atoms with Gasteiger partial charge >= 0.3 is 213 Å². The number of nitrogens with zero attached hydrogens (tertiary/aromatic N) is 1. The molecule has 0 aliphatic rings. The Morgan fingerprint density at radius 2 is 0.719 bits per heavy atom. The Bertz CT molecular complexity index is 495. The third-order valence-electron chi connectivity index (χ3n) is 7.89. The van der Waals surface area contributed by atoms with Crippen molar-refractivity contribution in [2.24, 2.45) is 0 Å². The molecule has 1 heterocycles. The number of hydrogen-bond acceptors (Lipinski definition) is 1. The van der Waals surface area contributed by atoms with Crippen LogP contribution in [-0.4, -0.2) is 41.7 Å². The molecule has 1 aromatic heterocycles. The second-order valence-electron chi connectivity index (χ2n) is 10.6. The summed E-state index contributed by atoms with van der Waals surface area (Å²) in [6.45, 7) is 14.3. The van der Waals surface area contributed by atoms with E-state index in [1.54, 1.807) is 34.0 Å². The van der Waals surface area contributed by atoms with Crippen molar-refractivity contribution in [1.82, 2.24) is 4.98 Å². The van der Waals surface area contributed by atoms with Gasteiger partial charge in [0, 0.05) is 0 Å². The minimum atomic E-state index is -2.45. The van der Waals surface area contributed by atoms with Crippen molar-refractivity contribution in [2.45, 2.75) is 145 Å². The number of rotatable bonds is 20. The van der Waals surface area contributed by atoms with Crippen LogP contribution in [0.4, 0.5) is 0 Å². The average molecular weight is 657 g/mol. The van der Waals surface area contributed by atoms with E-state index >= 15 is 0 Å². The minimum absolute atomic E-state index is 1.35. The maximum absolute atomic E-state index is 5.82. The molecule has 0 aromatic carbocycles. The van der Waals surface area contributed by atoms with Crippen LogP contribution in [0.1, 0.15) is 119 Å². The van der Waals surface area contributed by atoms with Gasteiger partial charge in [-0.1, -0.05) is 0 Å². The quantitative estimate of drug-likeness (QED) is 0.128. The molecule has 0 aliphatic heterocycles. The molecule has 1 nitrogen and oxygen atoms in total. The molecule has 0 unspecified atom stereocenters. The van der Waals surface area contributed by atoms with Crippen LogP contribution in [0, 0.1) is 0 Å². The molecule has 0 saturated carbocycles. The summed E-state index contributed by atoms with van der Waals surface area (Å²) >= 11 is -4.91. The molecule has 186 valence electrons. The van der Waals surface area contributed by atoms with Crippen molar-refractivity contribution >= 4 is 44.2 Å². The van der Waals surface area contributed by atoms with E-state index in [-0.39, 0.29) is 0 Å². The van der Waals surface area contributed by atoms with Gasteiger partial charge in [-0.3, -0.25) is 0 Å². The van der Waals surface area contributed by atoms with Crippen LogP contribution in [0.25, 0.3) is 0 Å². The zero-order valence-corrected chi connectivity index (χ0v) is 28.6. The van der Waals surface area contributed by atoms with Gasteiger partial charge in [-0.25, -0.2) is 0 Å². The van der Waals surface area contributed by atoms with Crippen LogP contribution in [0.3, 0.4) is 0 Å². The Hall–Kier alpha value is 0.747. The molecule has 1 rings (SSSR count). The van der Waals surface area contributed by atoms with Gasteiger partial charge in [-0.15, -0.1) is 0 Å². The van der Waals surface area contributed by atoms with Gasteiger partial charge in [0.25, 0.3) is 0 Å². The maximum atomic E-state index is 5.82. The number of aromatic nitrogens is 1. The molecule has 0 bridgehead atoms. The van der Waals surface area contributed by atoms with E-state index in [0.29, 0.717) is 0 Å². The van der Waals surface area contributed by atoms with Gasteiger partial charge in [-0.05, 0) is 0 Å². The Morgan fingerprint density at radius 3 is 0.938 bits per heavy atom.